The van der Waals surface area contributed by atoms with Crippen LogP contribution in [0.3, 0.4) is 0 Å². The maximum absolute atomic E-state index is 12.4. The summed E-state index contributed by atoms with van der Waals surface area (Å²) in [6.45, 7) is 9.43. The predicted octanol–water partition coefficient (Wildman–Crippen LogP) is 1.33. The SMILES string of the molecule is CC(C)OC(O)N[C@@H]1CC[C@@H](C(N)=S)N(C(=O)OC(C)(C)C)C1. The van der Waals surface area contributed by atoms with Gasteiger partial charge in [0.05, 0.1) is 17.1 Å². The van der Waals surface area contributed by atoms with Crippen LogP contribution in [-0.4, -0.2) is 57.8 Å². The Labute approximate surface area is 143 Å². The average molecular weight is 347 g/mol. The number of piperidine rings is 1. The van der Waals surface area contributed by atoms with E-state index in [-0.39, 0.29) is 23.2 Å². The Morgan fingerprint density at radius 2 is 2.00 bits per heavy atom. The van der Waals surface area contributed by atoms with E-state index in [4.69, 9.17) is 27.4 Å². The van der Waals surface area contributed by atoms with Crippen molar-refractivity contribution in [3.63, 3.8) is 0 Å². The first-order chi connectivity index (χ1) is 10.5. The molecule has 4 N–H and O–H groups in total. The quantitative estimate of drug-likeness (QED) is 0.510. The van der Waals surface area contributed by atoms with Crippen LogP contribution >= 0.6 is 12.2 Å². The number of nitrogens with one attached hydrogen (secondary N) is 1. The molecule has 0 radical (unpaired) electrons. The molecule has 1 unspecified atom stereocenters. The first-order valence-electron chi connectivity index (χ1n) is 7.88. The fraction of sp³-hybridized carbons (Fsp3) is 0.867. The largest absolute Gasteiger partial charge is 0.444 e. The molecule has 1 aliphatic heterocycles. The minimum Gasteiger partial charge on any atom is -0.444 e. The molecule has 23 heavy (non-hydrogen) atoms. The van der Waals surface area contributed by atoms with Crippen molar-refractivity contribution < 1.29 is 19.4 Å². The Morgan fingerprint density at radius 1 is 1.39 bits per heavy atom. The van der Waals surface area contributed by atoms with Crippen LogP contribution in [0.4, 0.5) is 4.79 Å². The molecule has 8 heteroatoms. The number of rotatable bonds is 5. The van der Waals surface area contributed by atoms with Crippen LogP contribution in [0.1, 0.15) is 47.5 Å². The average Bonchev–Trinajstić information content (AvgIpc) is 2.35. The van der Waals surface area contributed by atoms with Crippen molar-refractivity contribution in [3.05, 3.63) is 0 Å². The molecule has 0 aromatic heterocycles. The second-order valence-corrected chi connectivity index (χ2v) is 7.50. The third-order valence-corrected chi connectivity index (χ3v) is 3.59. The number of amides is 1. The molecule has 0 bridgehead atoms. The van der Waals surface area contributed by atoms with E-state index < -0.39 is 18.1 Å². The standard InChI is InChI=1S/C15H29N3O4S/c1-9(2)21-13(19)17-10-6-7-11(12(16)23)18(8-10)14(20)22-15(3,4)5/h9-11,13,17,19H,6-8H2,1-5H3,(H2,16,23)/t10-,11+,13?/m1/s1. The van der Waals surface area contributed by atoms with E-state index in [1.54, 1.807) is 20.8 Å². The van der Waals surface area contributed by atoms with Crippen molar-refractivity contribution in [2.75, 3.05) is 6.54 Å². The number of carbonyl (C=O) groups excluding carboxylic acids is 1. The number of nitrogens with two attached hydrogens (primary N) is 1. The Balaban J connectivity index is 2.73. The fourth-order valence-electron chi connectivity index (χ4n) is 2.42. The van der Waals surface area contributed by atoms with E-state index >= 15 is 0 Å². The van der Waals surface area contributed by atoms with Gasteiger partial charge in [0.1, 0.15) is 5.60 Å². The van der Waals surface area contributed by atoms with Crippen LogP contribution in [-0.2, 0) is 9.47 Å². The Hall–Kier alpha value is -0.960. The van der Waals surface area contributed by atoms with Crippen LogP contribution in [0.25, 0.3) is 0 Å². The van der Waals surface area contributed by atoms with Crippen molar-refractivity contribution in [2.45, 2.75) is 77.7 Å². The van der Waals surface area contributed by atoms with Gasteiger partial charge in [0.15, 0.2) is 0 Å². The molecule has 1 rings (SSSR count). The number of thiocarbonyl (C=S) groups is 1. The lowest BCUT2D eigenvalue weighted by Gasteiger charge is -2.40. The van der Waals surface area contributed by atoms with Gasteiger partial charge in [-0.05, 0) is 47.5 Å². The maximum Gasteiger partial charge on any atom is 0.410 e. The lowest BCUT2D eigenvalue weighted by Crippen LogP contribution is -2.58. The van der Waals surface area contributed by atoms with Crippen LogP contribution in [0, 0.1) is 0 Å². The molecule has 1 aliphatic rings. The summed E-state index contributed by atoms with van der Waals surface area (Å²) >= 11 is 5.07. The number of hydrogen-bond acceptors (Lipinski definition) is 6. The van der Waals surface area contributed by atoms with Gasteiger partial charge in [0, 0.05) is 12.6 Å². The fourth-order valence-corrected chi connectivity index (χ4v) is 2.67. The van der Waals surface area contributed by atoms with Gasteiger partial charge in [-0.25, -0.2) is 4.79 Å². The summed E-state index contributed by atoms with van der Waals surface area (Å²) < 4.78 is 10.7. The monoisotopic (exact) mass is 347 g/mol. The second-order valence-electron chi connectivity index (χ2n) is 7.03. The van der Waals surface area contributed by atoms with Gasteiger partial charge in [0.25, 0.3) is 0 Å². The van der Waals surface area contributed by atoms with Crippen molar-refractivity contribution in [1.82, 2.24) is 10.2 Å². The van der Waals surface area contributed by atoms with Gasteiger partial charge in [0.2, 0.25) is 6.41 Å². The molecule has 1 fully saturated rings. The number of nitrogens with zero attached hydrogens (tertiary/aromatic N) is 1. The minimum atomic E-state index is -1.08. The third kappa shape index (κ3) is 6.99. The van der Waals surface area contributed by atoms with Crippen molar-refractivity contribution >= 4 is 23.3 Å². The molecule has 0 spiro atoms. The first kappa shape index (κ1) is 20.1. The summed E-state index contributed by atoms with van der Waals surface area (Å²) in [6, 6.07) is -0.456. The predicted molar refractivity (Wildman–Crippen MR) is 91.9 cm³/mol. The minimum absolute atomic E-state index is 0.104. The number of likely N-dealkylation sites (tertiary alicyclic amines) is 1. The summed E-state index contributed by atoms with van der Waals surface area (Å²) in [7, 11) is 0. The lowest BCUT2D eigenvalue weighted by molar-refractivity contribution is -0.151. The van der Waals surface area contributed by atoms with Crippen LogP contribution in [0.2, 0.25) is 0 Å². The topological polar surface area (TPSA) is 97.0 Å². The normalized spacial score (nSPS) is 23.7. The highest BCUT2D eigenvalue weighted by atomic mass is 32.1. The van der Waals surface area contributed by atoms with E-state index in [1.165, 1.54) is 4.90 Å². The molecule has 3 atom stereocenters. The molecule has 1 saturated heterocycles. The van der Waals surface area contributed by atoms with Gasteiger partial charge < -0.3 is 20.3 Å². The van der Waals surface area contributed by atoms with Gasteiger partial charge in [-0.1, -0.05) is 12.2 Å². The van der Waals surface area contributed by atoms with E-state index in [0.717, 1.165) is 6.42 Å². The van der Waals surface area contributed by atoms with Gasteiger partial charge in [-0.2, -0.15) is 0 Å². The second kappa shape index (κ2) is 8.23. The summed E-state index contributed by atoms with van der Waals surface area (Å²) in [6.07, 6.45) is -0.309. The smallest absolute Gasteiger partial charge is 0.410 e. The summed E-state index contributed by atoms with van der Waals surface area (Å²) in [5.74, 6) is 0. The van der Waals surface area contributed by atoms with E-state index in [2.05, 4.69) is 5.32 Å². The van der Waals surface area contributed by atoms with Crippen molar-refractivity contribution in [3.8, 4) is 0 Å². The maximum atomic E-state index is 12.4. The third-order valence-electron chi connectivity index (χ3n) is 3.32. The Morgan fingerprint density at radius 3 is 2.48 bits per heavy atom. The molecule has 1 heterocycles. The molecule has 7 nitrogen and oxygen atoms in total. The van der Waals surface area contributed by atoms with Crippen molar-refractivity contribution in [1.29, 1.82) is 0 Å². The van der Waals surface area contributed by atoms with E-state index in [9.17, 15) is 9.90 Å². The first-order valence-corrected chi connectivity index (χ1v) is 8.29. The zero-order chi connectivity index (χ0) is 17.8. The van der Waals surface area contributed by atoms with E-state index in [0.29, 0.717) is 13.0 Å². The molecule has 0 saturated carbocycles. The van der Waals surface area contributed by atoms with Gasteiger partial charge >= 0.3 is 6.09 Å². The highest BCUT2D eigenvalue weighted by Crippen LogP contribution is 2.21. The van der Waals surface area contributed by atoms with Crippen LogP contribution in [0.15, 0.2) is 0 Å². The van der Waals surface area contributed by atoms with Crippen LogP contribution < -0.4 is 11.1 Å². The lowest BCUT2D eigenvalue weighted by atomic mass is 9.98. The summed E-state index contributed by atoms with van der Waals surface area (Å²) in [5, 5.41) is 12.8. The number of ether oxygens (including phenoxy) is 2. The molecule has 0 aliphatic carbocycles. The molecular weight excluding hydrogens is 318 g/mol. The van der Waals surface area contributed by atoms with E-state index in [1.807, 2.05) is 13.8 Å². The molecule has 134 valence electrons. The Kier molecular flexibility index (Phi) is 7.19. The van der Waals surface area contributed by atoms with Gasteiger partial charge in [-0.15, -0.1) is 0 Å². The highest BCUT2D eigenvalue weighted by Gasteiger charge is 2.36. The van der Waals surface area contributed by atoms with Gasteiger partial charge in [-0.3, -0.25) is 10.2 Å². The zero-order valence-electron chi connectivity index (χ0n) is 14.5. The number of carbonyl (C=O) groups is 1. The highest BCUT2D eigenvalue weighted by molar-refractivity contribution is 7.80. The van der Waals surface area contributed by atoms with Crippen molar-refractivity contribution in [2.24, 2.45) is 5.73 Å². The number of aliphatic hydroxyl groups is 1. The molecule has 0 aromatic carbocycles. The van der Waals surface area contributed by atoms with Crippen LogP contribution in [0.5, 0.6) is 0 Å². The zero-order valence-corrected chi connectivity index (χ0v) is 15.4. The molecule has 1 amide bonds. The molecule has 0 aromatic rings. The summed E-state index contributed by atoms with van der Waals surface area (Å²) in [5.41, 5.74) is 5.16. The summed E-state index contributed by atoms with van der Waals surface area (Å²) in [4.78, 5) is 14.2. The Bertz CT molecular complexity index is 425. The number of hydrogen-bond donors (Lipinski definition) is 3. The number of aliphatic hydroxyl groups excluding tert-OH is 1. The molecular formula is C15H29N3O4S.